The molecule has 0 aliphatic carbocycles. The minimum Gasteiger partial charge on any atom is -0.263 e. The van der Waals surface area contributed by atoms with Crippen LogP contribution in [0.15, 0.2) is 0 Å². The van der Waals surface area contributed by atoms with Crippen LogP contribution in [0.3, 0.4) is 0 Å². The Balaban J connectivity index is 0.000001000. The molecule has 61 valence electrons. The van der Waals surface area contributed by atoms with Crippen LogP contribution in [-0.4, -0.2) is 69.5 Å². The minimum absolute atomic E-state index is 0. The van der Waals surface area contributed by atoms with E-state index in [1.165, 1.54) is 0 Å². The van der Waals surface area contributed by atoms with Gasteiger partial charge in [0.15, 0.2) is 0 Å². The van der Waals surface area contributed by atoms with Crippen molar-refractivity contribution in [3.63, 3.8) is 0 Å². The Hall–Kier alpha value is 1.18. The van der Waals surface area contributed by atoms with Crippen molar-refractivity contribution in [3.05, 3.63) is 0 Å². The first-order valence-corrected chi connectivity index (χ1v) is 2.04. The van der Waals surface area contributed by atoms with Crippen LogP contribution >= 0.6 is 0 Å². The molecule has 0 saturated carbocycles. The summed E-state index contributed by atoms with van der Waals surface area (Å²) < 4.78 is 70.4. The molecule has 1 atom stereocenters. The zero-order chi connectivity index (χ0) is 8.21. The molecule has 1 aliphatic heterocycles. The first-order chi connectivity index (χ1) is 4.21. The Morgan fingerprint density at radius 1 is 1.00 bits per heavy atom. The van der Waals surface area contributed by atoms with Gasteiger partial charge in [0, 0.05) is 51.4 Å². The van der Waals surface area contributed by atoms with Crippen LogP contribution in [0.4, 0.5) is 26.3 Å². The fraction of sp³-hybridized carbons (Fsp3) is 1.00. The number of hydrogen-bond acceptors (Lipinski definition) is 1. The largest absolute Gasteiger partial charge is 0.458 e. The average Bonchev–Trinajstić information content (AvgIpc) is 2.05. The monoisotopic (exact) mass is 205 g/mol. The van der Waals surface area contributed by atoms with Crippen molar-refractivity contribution < 1.29 is 31.1 Å². The Morgan fingerprint density at radius 2 is 1.27 bits per heavy atom. The van der Waals surface area contributed by atoms with Crippen LogP contribution < -0.4 is 0 Å². The molecule has 1 fully saturated rings. The standard InChI is InChI=1S/C3F6O.K/c4-1(2(5,6)7)3(8,9)10-1;. The van der Waals surface area contributed by atoms with Gasteiger partial charge in [0.2, 0.25) is 0 Å². The molecule has 0 aromatic rings. The summed E-state index contributed by atoms with van der Waals surface area (Å²) in [6.45, 7) is 0. The molecule has 11 heavy (non-hydrogen) atoms. The molecule has 1 radical (unpaired) electrons. The van der Waals surface area contributed by atoms with Gasteiger partial charge < -0.3 is 0 Å². The van der Waals surface area contributed by atoms with Crippen LogP contribution in [0.25, 0.3) is 0 Å². The van der Waals surface area contributed by atoms with Crippen molar-refractivity contribution in [2.75, 3.05) is 0 Å². The van der Waals surface area contributed by atoms with E-state index in [-0.39, 0.29) is 51.4 Å². The van der Waals surface area contributed by atoms with Gasteiger partial charge in [-0.2, -0.15) is 26.3 Å². The molecule has 0 aromatic heterocycles. The van der Waals surface area contributed by atoms with Crippen molar-refractivity contribution in [2.45, 2.75) is 18.1 Å². The second kappa shape index (κ2) is 2.84. The average molecular weight is 205 g/mol. The van der Waals surface area contributed by atoms with E-state index in [0.717, 1.165) is 0 Å². The zero-order valence-electron chi connectivity index (χ0n) is 5.18. The van der Waals surface area contributed by atoms with E-state index < -0.39 is 18.1 Å². The van der Waals surface area contributed by atoms with Crippen molar-refractivity contribution in [3.8, 4) is 0 Å². The van der Waals surface area contributed by atoms with Crippen molar-refractivity contribution in [2.24, 2.45) is 0 Å². The fourth-order valence-corrected chi connectivity index (χ4v) is 0.374. The first kappa shape index (κ1) is 12.2. The number of rotatable bonds is 0. The molecule has 8 heteroatoms. The van der Waals surface area contributed by atoms with Gasteiger partial charge in [-0.25, -0.2) is 0 Å². The Morgan fingerprint density at radius 3 is 1.27 bits per heavy atom. The van der Waals surface area contributed by atoms with Gasteiger partial charge in [-0.1, -0.05) is 0 Å². The predicted octanol–water partition coefficient (Wildman–Crippen LogP) is 1.46. The van der Waals surface area contributed by atoms with E-state index in [4.69, 9.17) is 0 Å². The summed E-state index contributed by atoms with van der Waals surface area (Å²) in [6.07, 6.45) is -10.4. The molecule has 0 bridgehead atoms. The summed E-state index contributed by atoms with van der Waals surface area (Å²) in [5.74, 6) is -4.75. The maximum Gasteiger partial charge on any atom is 0.458 e. The van der Waals surface area contributed by atoms with Crippen molar-refractivity contribution >= 4 is 51.4 Å². The Labute approximate surface area is 99.5 Å². The fourth-order valence-electron chi connectivity index (χ4n) is 0.374. The summed E-state index contributed by atoms with van der Waals surface area (Å²) in [4.78, 5) is 0. The molecule has 1 rings (SSSR count). The Kier molecular flexibility index (Phi) is 3.15. The van der Waals surface area contributed by atoms with E-state index in [0.29, 0.717) is 0 Å². The maximum absolute atomic E-state index is 11.7. The molecule has 1 saturated heterocycles. The summed E-state index contributed by atoms with van der Waals surface area (Å²) in [7, 11) is 0. The maximum atomic E-state index is 11.7. The molecular weight excluding hydrogens is 205 g/mol. The topological polar surface area (TPSA) is 12.5 Å². The van der Waals surface area contributed by atoms with E-state index in [1.807, 2.05) is 0 Å². The van der Waals surface area contributed by atoms with Gasteiger partial charge in [0.25, 0.3) is 0 Å². The van der Waals surface area contributed by atoms with Gasteiger partial charge in [-0.05, 0) is 0 Å². The van der Waals surface area contributed by atoms with Crippen LogP contribution in [-0.2, 0) is 4.74 Å². The van der Waals surface area contributed by atoms with Gasteiger partial charge >= 0.3 is 18.1 Å². The SMILES string of the molecule is FC(F)(F)C1(F)OC1(F)F.[K]. The summed E-state index contributed by atoms with van der Waals surface area (Å²) in [5, 5.41) is 0. The van der Waals surface area contributed by atoms with E-state index >= 15 is 0 Å². The van der Waals surface area contributed by atoms with E-state index in [9.17, 15) is 26.3 Å². The third-order valence-electron chi connectivity index (χ3n) is 0.966. The van der Waals surface area contributed by atoms with Crippen molar-refractivity contribution in [1.82, 2.24) is 0 Å². The Bertz CT molecular complexity index is 166. The van der Waals surface area contributed by atoms with Gasteiger partial charge in [0.1, 0.15) is 0 Å². The smallest absolute Gasteiger partial charge is 0.263 e. The van der Waals surface area contributed by atoms with E-state index in [2.05, 4.69) is 4.74 Å². The summed E-state index contributed by atoms with van der Waals surface area (Å²) in [5.41, 5.74) is 0. The van der Waals surface area contributed by atoms with E-state index in [1.54, 1.807) is 0 Å². The predicted molar refractivity (Wildman–Crippen MR) is 21.7 cm³/mol. The van der Waals surface area contributed by atoms with Gasteiger partial charge in [-0.3, -0.25) is 4.74 Å². The van der Waals surface area contributed by atoms with Crippen LogP contribution in [0.1, 0.15) is 0 Å². The normalized spacial score (nSPS) is 34.4. The molecule has 0 amide bonds. The summed E-state index contributed by atoms with van der Waals surface area (Å²) >= 11 is 0. The van der Waals surface area contributed by atoms with Gasteiger partial charge in [0.05, 0.1) is 0 Å². The number of ether oxygens (including phenoxy) is 1. The second-order valence-corrected chi connectivity index (χ2v) is 1.71. The molecule has 1 nitrogen and oxygen atoms in total. The molecule has 0 N–H and O–H groups in total. The van der Waals surface area contributed by atoms with Crippen LogP contribution in [0, 0.1) is 0 Å². The second-order valence-electron chi connectivity index (χ2n) is 1.71. The molecule has 1 unspecified atom stereocenters. The third-order valence-corrected chi connectivity index (χ3v) is 0.966. The zero-order valence-corrected chi connectivity index (χ0v) is 8.30. The summed E-state index contributed by atoms with van der Waals surface area (Å²) in [6, 6.07) is 0. The molecular formula is C3F6KO. The number of halogens is 6. The third kappa shape index (κ3) is 1.75. The molecule has 1 heterocycles. The van der Waals surface area contributed by atoms with Crippen LogP contribution in [0.5, 0.6) is 0 Å². The number of epoxide rings is 1. The molecule has 0 aromatic carbocycles. The number of hydrogen-bond donors (Lipinski definition) is 0. The number of alkyl halides is 6. The quantitative estimate of drug-likeness (QED) is 0.331. The van der Waals surface area contributed by atoms with Crippen LogP contribution in [0.2, 0.25) is 0 Å². The first-order valence-electron chi connectivity index (χ1n) is 2.04. The minimum atomic E-state index is -5.66. The van der Waals surface area contributed by atoms with Crippen molar-refractivity contribution in [1.29, 1.82) is 0 Å². The molecule has 0 spiro atoms. The molecule has 1 aliphatic rings. The van der Waals surface area contributed by atoms with Gasteiger partial charge in [-0.15, -0.1) is 0 Å².